The third kappa shape index (κ3) is 4.88. The van der Waals surface area contributed by atoms with Crippen molar-refractivity contribution in [2.24, 2.45) is 0 Å². The van der Waals surface area contributed by atoms with E-state index in [9.17, 15) is 0 Å². The second kappa shape index (κ2) is 12.3. The van der Waals surface area contributed by atoms with Gasteiger partial charge in [-0.25, -0.2) is 0 Å². The van der Waals surface area contributed by atoms with Crippen LogP contribution in [-0.4, -0.2) is 4.57 Å². The lowest BCUT2D eigenvalue weighted by Gasteiger charge is -2.37. The number of para-hydroxylation sites is 1. The topological polar surface area (TPSA) is 4.93 Å². The second-order valence-corrected chi connectivity index (χ2v) is 12.4. The molecular formula is C45H43N. The molecule has 1 nitrogen and oxygen atoms in total. The molecule has 1 unspecified atom stereocenters. The van der Waals surface area contributed by atoms with E-state index in [1.54, 1.807) is 0 Å². The maximum atomic E-state index is 4.71. The minimum atomic E-state index is -0.488. The summed E-state index contributed by atoms with van der Waals surface area (Å²) in [4.78, 5) is 0. The summed E-state index contributed by atoms with van der Waals surface area (Å²) in [5.41, 5.74) is 16.2. The van der Waals surface area contributed by atoms with Gasteiger partial charge in [0.2, 0.25) is 0 Å². The van der Waals surface area contributed by atoms with Gasteiger partial charge in [-0.1, -0.05) is 122 Å². The standard InChI is InChI=1S/C45H43N/c1-9-16-30(3)31(4)28-33(6)45(32(5)17-10-2)42-21-15-14-20-39(42)40-25-22-36(23-26-43(40)45)37-24-27-44-41(29-37)34(7)35(8)46(44)38-18-12-11-13-19-38/h9-25,27-29H,3-5,26H2,1-2,6-8H3/b16-9-,17-10-,33-28+. The number of rotatable bonds is 8. The molecule has 0 bridgehead atoms. The first-order valence-corrected chi connectivity index (χ1v) is 16.1. The molecule has 0 fully saturated rings. The summed E-state index contributed by atoms with van der Waals surface area (Å²) >= 11 is 0. The molecule has 46 heavy (non-hydrogen) atoms. The zero-order valence-corrected chi connectivity index (χ0v) is 27.8. The van der Waals surface area contributed by atoms with Gasteiger partial charge in [0.25, 0.3) is 0 Å². The molecule has 6 rings (SSSR count). The third-order valence-electron chi connectivity index (χ3n) is 9.83. The van der Waals surface area contributed by atoms with Crippen molar-refractivity contribution in [1.29, 1.82) is 0 Å². The fraction of sp³-hybridized carbons (Fsp3) is 0.156. The highest BCUT2D eigenvalue weighted by atomic mass is 15.0. The summed E-state index contributed by atoms with van der Waals surface area (Å²) in [6.45, 7) is 24.1. The average molecular weight is 598 g/mol. The van der Waals surface area contributed by atoms with E-state index in [1.807, 2.05) is 19.1 Å². The minimum Gasteiger partial charge on any atom is -0.314 e. The maximum absolute atomic E-state index is 4.71. The molecule has 4 aromatic rings. The molecule has 1 atom stereocenters. The molecule has 2 aliphatic carbocycles. The van der Waals surface area contributed by atoms with E-state index >= 15 is 0 Å². The van der Waals surface area contributed by atoms with Gasteiger partial charge in [0, 0.05) is 16.8 Å². The van der Waals surface area contributed by atoms with Crippen LogP contribution in [0.5, 0.6) is 0 Å². The van der Waals surface area contributed by atoms with Crippen molar-refractivity contribution in [1.82, 2.24) is 4.57 Å². The summed E-state index contributed by atoms with van der Waals surface area (Å²) in [6, 6.07) is 26.4. The van der Waals surface area contributed by atoms with Gasteiger partial charge >= 0.3 is 0 Å². The van der Waals surface area contributed by atoms with Crippen molar-refractivity contribution in [3.05, 3.63) is 197 Å². The van der Waals surface area contributed by atoms with Crippen molar-refractivity contribution in [2.45, 2.75) is 46.5 Å². The van der Waals surface area contributed by atoms with Crippen molar-refractivity contribution >= 4 is 22.0 Å². The first-order valence-electron chi connectivity index (χ1n) is 16.1. The van der Waals surface area contributed by atoms with E-state index < -0.39 is 5.41 Å². The van der Waals surface area contributed by atoms with Gasteiger partial charge in [-0.3, -0.25) is 0 Å². The minimum absolute atomic E-state index is 0.488. The zero-order chi connectivity index (χ0) is 32.6. The van der Waals surface area contributed by atoms with Crippen LogP contribution in [0.4, 0.5) is 0 Å². The lowest BCUT2D eigenvalue weighted by Crippen LogP contribution is -2.30. The third-order valence-corrected chi connectivity index (χ3v) is 9.83. The number of hydrogen-bond donors (Lipinski definition) is 0. The Kier molecular flexibility index (Phi) is 8.28. The Bertz CT molecular complexity index is 2090. The summed E-state index contributed by atoms with van der Waals surface area (Å²) < 4.78 is 2.37. The Morgan fingerprint density at radius 3 is 2.28 bits per heavy atom. The van der Waals surface area contributed by atoms with Crippen molar-refractivity contribution in [3.8, 4) is 5.69 Å². The molecule has 228 valence electrons. The fourth-order valence-corrected chi connectivity index (χ4v) is 7.52. The molecule has 3 aromatic carbocycles. The highest BCUT2D eigenvalue weighted by molar-refractivity contribution is 5.96. The van der Waals surface area contributed by atoms with E-state index in [2.05, 4.69) is 155 Å². The van der Waals surface area contributed by atoms with E-state index in [-0.39, 0.29) is 0 Å². The number of aryl methyl sites for hydroxylation is 1. The smallest absolute Gasteiger partial charge is 0.0634 e. The van der Waals surface area contributed by atoms with E-state index in [0.717, 1.165) is 23.1 Å². The van der Waals surface area contributed by atoms with Crippen LogP contribution in [0.1, 0.15) is 55.1 Å². The predicted molar refractivity (Wildman–Crippen MR) is 200 cm³/mol. The highest BCUT2D eigenvalue weighted by Gasteiger charge is 2.46. The Balaban J connectivity index is 1.49. The maximum Gasteiger partial charge on any atom is 0.0634 e. The summed E-state index contributed by atoms with van der Waals surface area (Å²) in [5, 5.41) is 1.29. The van der Waals surface area contributed by atoms with Gasteiger partial charge in [0.15, 0.2) is 0 Å². The quantitative estimate of drug-likeness (QED) is 0.178. The Morgan fingerprint density at radius 1 is 0.826 bits per heavy atom. The van der Waals surface area contributed by atoms with Crippen LogP contribution in [0.2, 0.25) is 0 Å². The summed E-state index contributed by atoms with van der Waals surface area (Å²) in [7, 11) is 0. The van der Waals surface area contributed by atoms with Crippen molar-refractivity contribution < 1.29 is 0 Å². The lowest BCUT2D eigenvalue weighted by molar-refractivity contribution is 0.707. The van der Waals surface area contributed by atoms with Crippen molar-refractivity contribution in [2.75, 3.05) is 0 Å². The largest absolute Gasteiger partial charge is 0.314 e. The SMILES string of the molecule is C=C(/C=C\C)C(=C)/C=C(\C)C1(C(=C)/C=C\C)C2=C(C=CC(c3ccc4c(c3)c(C)c(C)n4-c3ccccc3)=CC2)c2ccccc21. The number of fused-ring (bicyclic) bond motifs is 3. The average Bonchev–Trinajstić information content (AvgIpc) is 3.36. The van der Waals surface area contributed by atoms with Gasteiger partial charge < -0.3 is 4.57 Å². The van der Waals surface area contributed by atoms with E-state index in [1.165, 1.54) is 66.8 Å². The molecule has 1 heteroatoms. The molecule has 0 spiro atoms. The normalized spacial score (nSPS) is 17.8. The van der Waals surface area contributed by atoms with Crippen LogP contribution in [-0.2, 0) is 5.41 Å². The molecule has 0 saturated carbocycles. The highest BCUT2D eigenvalue weighted by Crippen LogP contribution is 2.57. The first-order chi connectivity index (χ1) is 22.2. The molecule has 0 radical (unpaired) electrons. The molecule has 1 heterocycles. The van der Waals surface area contributed by atoms with Gasteiger partial charge in [-0.05, 0) is 121 Å². The Morgan fingerprint density at radius 2 is 1.54 bits per heavy atom. The first kappa shape index (κ1) is 30.9. The van der Waals surface area contributed by atoms with Crippen LogP contribution >= 0.6 is 0 Å². The molecular weight excluding hydrogens is 555 g/mol. The molecule has 0 amide bonds. The monoisotopic (exact) mass is 597 g/mol. The van der Waals surface area contributed by atoms with E-state index in [0.29, 0.717) is 0 Å². The zero-order valence-electron chi connectivity index (χ0n) is 27.8. The molecule has 1 aromatic heterocycles. The number of nitrogens with zero attached hydrogens (tertiary/aromatic N) is 1. The van der Waals surface area contributed by atoms with Crippen LogP contribution in [0.15, 0.2) is 169 Å². The summed E-state index contributed by atoms with van der Waals surface area (Å²) in [5.74, 6) is 0. The van der Waals surface area contributed by atoms with Crippen LogP contribution < -0.4 is 0 Å². The van der Waals surface area contributed by atoms with Crippen LogP contribution in [0.25, 0.3) is 27.7 Å². The summed E-state index contributed by atoms with van der Waals surface area (Å²) in [6.07, 6.45) is 18.3. The fourth-order valence-electron chi connectivity index (χ4n) is 7.52. The second-order valence-electron chi connectivity index (χ2n) is 12.4. The van der Waals surface area contributed by atoms with Crippen molar-refractivity contribution in [3.63, 3.8) is 0 Å². The van der Waals surface area contributed by atoms with Crippen LogP contribution in [0, 0.1) is 13.8 Å². The lowest BCUT2D eigenvalue weighted by atomic mass is 9.65. The van der Waals surface area contributed by atoms with Crippen LogP contribution in [0.3, 0.4) is 0 Å². The van der Waals surface area contributed by atoms with Gasteiger partial charge in [-0.2, -0.15) is 0 Å². The number of aromatic nitrogens is 1. The van der Waals surface area contributed by atoms with E-state index in [4.69, 9.17) is 6.58 Å². The molecule has 2 aliphatic rings. The van der Waals surface area contributed by atoms with Gasteiger partial charge in [0.05, 0.1) is 10.9 Å². The Labute approximate surface area is 275 Å². The number of allylic oxidation sites excluding steroid dienone is 15. The number of benzene rings is 3. The molecule has 0 aliphatic heterocycles. The number of hydrogen-bond acceptors (Lipinski definition) is 0. The molecule has 0 N–H and O–H groups in total. The molecule has 0 saturated heterocycles. The predicted octanol–water partition coefficient (Wildman–Crippen LogP) is 12.1. The van der Waals surface area contributed by atoms with Gasteiger partial charge in [-0.15, -0.1) is 0 Å². The Hall–Kier alpha value is -5.14. The van der Waals surface area contributed by atoms with Gasteiger partial charge in [0.1, 0.15) is 0 Å².